The molecule has 1 N–H and O–H groups in total. The van der Waals surface area contributed by atoms with Gasteiger partial charge in [0.05, 0.1) is 5.41 Å². The van der Waals surface area contributed by atoms with Gasteiger partial charge in [0.25, 0.3) is 0 Å². The van der Waals surface area contributed by atoms with Crippen LogP contribution in [0.25, 0.3) is 0 Å². The predicted octanol–water partition coefficient (Wildman–Crippen LogP) is 3.64. The van der Waals surface area contributed by atoms with Crippen LogP contribution in [0, 0.1) is 0 Å². The van der Waals surface area contributed by atoms with Crippen molar-refractivity contribution in [2.75, 3.05) is 19.8 Å². The maximum absolute atomic E-state index is 12.9. The summed E-state index contributed by atoms with van der Waals surface area (Å²) in [6.07, 6.45) is 3.87. The molecule has 1 amide bonds. The van der Waals surface area contributed by atoms with Crippen LogP contribution in [-0.2, 0) is 20.4 Å². The Morgan fingerprint density at radius 2 is 1.79 bits per heavy atom. The van der Waals surface area contributed by atoms with Crippen molar-refractivity contribution in [3.8, 4) is 0 Å². The Labute approximate surface area is 147 Å². The Morgan fingerprint density at radius 3 is 2.42 bits per heavy atom. The molecule has 0 radical (unpaired) electrons. The monoisotopic (exact) mass is 341 g/mol. The lowest BCUT2D eigenvalue weighted by Gasteiger charge is -2.38. The first-order valence-electron chi connectivity index (χ1n) is 8.71. The SMILES string of the molecule is O=C(NCC1(c2ccccc2)CCOCC1)C1(c2cccs2)CC1. The maximum Gasteiger partial charge on any atom is 0.231 e. The topological polar surface area (TPSA) is 38.3 Å². The highest BCUT2D eigenvalue weighted by molar-refractivity contribution is 7.10. The fourth-order valence-electron chi connectivity index (χ4n) is 3.80. The van der Waals surface area contributed by atoms with Crippen LogP contribution < -0.4 is 5.32 Å². The summed E-state index contributed by atoms with van der Waals surface area (Å²) in [5.41, 5.74) is 1.06. The van der Waals surface area contributed by atoms with Gasteiger partial charge in [-0.3, -0.25) is 4.79 Å². The Kier molecular flexibility index (Phi) is 4.19. The molecule has 126 valence electrons. The molecular weight excluding hydrogens is 318 g/mol. The van der Waals surface area contributed by atoms with Crippen LogP contribution >= 0.6 is 11.3 Å². The molecule has 2 heterocycles. The zero-order valence-corrected chi connectivity index (χ0v) is 14.6. The van der Waals surface area contributed by atoms with Gasteiger partial charge in [-0.25, -0.2) is 0 Å². The van der Waals surface area contributed by atoms with Gasteiger partial charge >= 0.3 is 0 Å². The van der Waals surface area contributed by atoms with E-state index in [0.29, 0.717) is 6.54 Å². The molecule has 4 rings (SSSR count). The smallest absolute Gasteiger partial charge is 0.231 e. The third kappa shape index (κ3) is 2.78. The number of benzene rings is 1. The number of thiophene rings is 1. The summed E-state index contributed by atoms with van der Waals surface area (Å²) < 4.78 is 5.58. The van der Waals surface area contributed by atoms with Crippen molar-refractivity contribution >= 4 is 17.2 Å². The molecule has 1 aromatic carbocycles. The van der Waals surface area contributed by atoms with Gasteiger partial charge in [0.15, 0.2) is 0 Å². The Balaban J connectivity index is 1.51. The minimum absolute atomic E-state index is 0.000694. The van der Waals surface area contributed by atoms with Gasteiger partial charge in [0, 0.05) is 30.1 Å². The molecule has 1 saturated heterocycles. The number of nitrogens with one attached hydrogen (secondary N) is 1. The Morgan fingerprint density at radius 1 is 1.04 bits per heavy atom. The molecular formula is C20H23NO2S. The third-order valence-corrected chi connectivity index (χ3v) is 6.67. The lowest BCUT2D eigenvalue weighted by Crippen LogP contribution is -2.47. The molecule has 1 aliphatic carbocycles. The number of carbonyl (C=O) groups excluding carboxylic acids is 1. The van der Waals surface area contributed by atoms with Gasteiger partial charge in [-0.05, 0) is 42.7 Å². The third-order valence-electron chi connectivity index (χ3n) is 5.60. The molecule has 2 aromatic rings. The van der Waals surface area contributed by atoms with Crippen molar-refractivity contribution in [1.82, 2.24) is 5.32 Å². The van der Waals surface area contributed by atoms with Crippen molar-refractivity contribution in [3.05, 3.63) is 58.3 Å². The van der Waals surface area contributed by atoms with Gasteiger partial charge in [-0.1, -0.05) is 36.4 Å². The zero-order valence-electron chi connectivity index (χ0n) is 13.8. The molecule has 1 saturated carbocycles. The number of hydrogen-bond donors (Lipinski definition) is 1. The molecule has 0 spiro atoms. The summed E-state index contributed by atoms with van der Waals surface area (Å²) in [4.78, 5) is 14.1. The summed E-state index contributed by atoms with van der Waals surface area (Å²) in [5.74, 6) is 0.201. The number of carbonyl (C=O) groups is 1. The van der Waals surface area contributed by atoms with Gasteiger partial charge in [0.1, 0.15) is 0 Å². The van der Waals surface area contributed by atoms with Crippen LogP contribution in [0.3, 0.4) is 0 Å². The average Bonchev–Trinajstić information content (AvgIpc) is 3.27. The first kappa shape index (κ1) is 15.9. The highest BCUT2D eigenvalue weighted by Gasteiger charge is 2.52. The second kappa shape index (κ2) is 6.34. The Hall–Kier alpha value is -1.65. The molecule has 1 aliphatic heterocycles. The molecule has 4 heteroatoms. The molecule has 24 heavy (non-hydrogen) atoms. The number of rotatable bonds is 5. The van der Waals surface area contributed by atoms with Gasteiger partial charge < -0.3 is 10.1 Å². The normalized spacial score (nSPS) is 21.2. The van der Waals surface area contributed by atoms with E-state index in [2.05, 4.69) is 41.0 Å². The number of hydrogen-bond acceptors (Lipinski definition) is 3. The van der Waals surface area contributed by atoms with Crippen molar-refractivity contribution in [2.24, 2.45) is 0 Å². The van der Waals surface area contributed by atoms with E-state index in [1.54, 1.807) is 11.3 Å². The molecule has 0 bridgehead atoms. The van der Waals surface area contributed by atoms with E-state index >= 15 is 0 Å². The fourth-order valence-corrected chi connectivity index (χ4v) is 4.78. The lowest BCUT2D eigenvalue weighted by atomic mass is 9.74. The lowest BCUT2D eigenvalue weighted by molar-refractivity contribution is -0.124. The predicted molar refractivity (Wildman–Crippen MR) is 96.4 cm³/mol. The fraction of sp³-hybridized carbons (Fsp3) is 0.450. The van der Waals surface area contributed by atoms with E-state index in [-0.39, 0.29) is 16.7 Å². The number of amides is 1. The first-order chi connectivity index (χ1) is 11.8. The van der Waals surface area contributed by atoms with E-state index in [9.17, 15) is 4.79 Å². The highest BCUT2D eigenvalue weighted by Crippen LogP contribution is 2.50. The molecule has 1 aromatic heterocycles. The van der Waals surface area contributed by atoms with E-state index in [1.165, 1.54) is 10.4 Å². The molecule has 2 aliphatic rings. The Bertz CT molecular complexity index is 686. The van der Waals surface area contributed by atoms with E-state index < -0.39 is 0 Å². The molecule has 3 nitrogen and oxygen atoms in total. The van der Waals surface area contributed by atoms with E-state index in [1.807, 2.05) is 12.1 Å². The quantitative estimate of drug-likeness (QED) is 0.901. The number of ether oxygens (including phenoxy) is 1. The summed E-state index contributed by atoms with van der Waals surface area (Å²) in [6.45, 7) is 2.23. The minimum Gasteiger partial charge on any atom is -0.381 e. The maximum atomic E-state index is 12.9. The second-order valence-electron chi connectivity index (χ2n) is 7.00. The largest absolute Gasteiger partial charge is 0.381 e. The van der Waals surface area contributed by atoms with Crippen molar-refractivity contribution in [1.29, 1.82) is 0 Å². The summed E-state index contributed by atoms with van der Waals surface area (Å²) >= 11 is 1.70. The summed E-state index contributed by atoms with van der Waals surface area (Å²) in [5, 5.41) is 5.36. The zero-order chi connectivity index (χ0) is 16.5. The van der Waals surface area contributed by atoms with Crippen molar-refractivity contribution < 1.29 is 9.53 Å². The van der Waals surface area contributed by atoms with Crippen LogP contribution in [0.1, 0.15) is 36.1 Å². The standard InChI is InChI=1S/C20H23NO2S/c22-18(20(8-9-20)17-7-4-14-24-17)21-15-19(10-12-23-13-11-19)16-5-2-1-3-6-16/h1-7,14H,8-13,15H2,(H,21,22). The molecule has 2 fully saturated rings. The van der Waals surface area contributed by atoms with Crippen molar-refractivity contribution in [2.45, 2.75) is 36.5 Å². The molecule has 0 unspecified atom stereocenters. The van der Waals surface area contributed by atoms with Gasteiger partial charge in [0.2, 0.25) is 5.91 Å². The summed E-state index contributed by atoms with van der Waals surface area (Å²) in [6, 6.07) is 14.7. The van der Waals surface area contributed by atoms with Crippen LogP contribution in [0.2, 0.25) is 0 Å². The summed E-state index contributed by atoms with van der Waals surface area (Å²) in [7, 11) is 0. The van der Waals surface area contributed by atoms with E-state index in [4.69, 9.17) is 4.74 Å². The van der Waals surface area contributed by atoms with E-state index in [0.717, 1.165) is 38.9 Å². The minimum atomic E-state index is -0.253. The van der Waals surface area contributed by atoms with Crippen molar-refractivity contribution in [3.63, 3.8) is 0 Å². The van der Waals surface area contributed by atoms with Crippen LogP contribution in [0.5, 0.6) is 0 Å². The molecule has 0 atom stereocenters. The highest BCUT2D eigenvalue weighted by atomic mass is 32.1. The van der Waals surface area contributed by atoms with Gasteiger partial charge in [-0.15, -0.1) is 11.3 Å². The van der Waals surface area contributed by atoms with Crippen LogP contribution in [0.15, 0.2) is 47.8 Å². The van der Waals surface area contributed by atoms with Gasteiger partial charge in [-0.2, -0.15) is 0 Å². The first-order valence-corrected chi connectivity index (χ1v) is 9.59. The van der Waals surface area contributed by atoms with Crippen LogP contribution in [-0.4, -0.2) is 25.7 Å². The average molecular weight is 341 g/mol. The van der Waals surface area contributed by atoms with Crippen LogP contribution in [0.4, 0.5) is 0 Å². The second-order valence-corrected chi connectivity index (χ2v) is 7.95.